The fraction of sp³-hybridized carbons (Fsp3) is 0.750. The highest BCUT2D eigenvalue weighted by molar-refractivity contribution is 6.36. The zero-order chi connectivity index (χ0) is 19.8. The Kier molecular flexibility index (Phi) is 9.11. The molecule has 0 fully saturated rings. The molecule has 0 aliphatic heterocycles. The molecule has 0 rings (SSSR count). The standard InChI is InChI=1S/C16H30N4O5/c1-9(2)11(12(21)14(23)25-16(3,4)5)20-13(22)10(17)7-6-8-19-15(18)24/h9-11H,6-8,17H2,1-5H3,(H,20,22)(H3,18,19,24)/t10-,11-/m0/s1. The van der Waals surface area contributed by atoms with Crippen molar-refractivity contribution in [1.29, 1.82) is 0 Å². The molecule has 0 unspecified atom stereocenters. The third-order valence-corrected chi connectivity index (χ3v) is 3.17. The van der Waals surface area contributed by atoms with Gasteiger partial charge in [0.1, 0.15) is 11.6 Å². The summed E-state index contributed by atoms with van der Waals surface area (Å²) in [6, 6.07) is -2.54. The van der Waals surface area contributed by atoms with Crippen molar-refractivity contribution in [2.45, 2.75) is 65.1 Å². The lowest BCUT2D eigenvalue weighted by molar-refractivity contribution is -0.163. The normalized spacial score (nSPS) is 13.7. The highest BCUT2D eigenvalue weighted by Crippen LogP contribution is 2.11. The van der Waals surface area contributed by atoms with Crippen LogP contribution in [0.4, 0.5) is 4.79 Å². The first-order chi connectivity index (χ1) is 11.3. The molecule has 9 nitrogen and oxygen atoms in total. The van der Waals surface area contributed by atoms with Crippen LogP contribution in [-0.4, -0.2) is 47.9 Å². The number of urea groups is 1. The van der Waals surface area contributed by atoms with E-state index in [0.717, 1.165) is 0 Å². The summed E-state index contributed by atoms with van der Waals surface area (Å²) in [5.74, 6) is -2.67. The summed E-state index contributed by atoms with van der Waals surface area (Å²) in [7, 11) is 0. The van der Waals surface area contributed by atoms with Crippen molar-refractivity contribution in [2.24, 2.45) is 17.4 Å². The van der Waals surface area contributed by atoms with Crippen LogP contribution >= 0.6 is 0 Å². The molecule has 0 heterocycles. The van der Waals surface area contributed by atoms with Crippen LogP contribution in [0.1, 0.15) is 47.5 Å². The minimum absolute atomic E-state index is 0.289. The molecule has 6 N–H and O–H groups in total. The quantitative estimate of drug-likeness (QED) is 0.254. The molecule has 0 bridgehead atoms. The van der Waals surface area contributed by atoms with E-state index in [0.29, 0.717) is 13.0 Å². The van der Waals surface area contributed by atoms with E-state index >= 15 is 0 Å². The van der Waals surface area contributed by atoms with Crippen molar-refractivity contribution in [2.75, 3.05) is 6.54 Å². The number of hydrogen-bond donors (Lipinski definition) is 4. The van der Waals surface area contributed by atoms with Crippen molar-refractivity contribution in [3.8, 4) is 0 Å². The van der Waals surface area contributed by atoms with Crippen LogP contribution < -0.4 is 22.1 Å². The maximum absolute atomic E-state index is 12.3. The minimum atomic E-state index is -1.02. The fourth-order valence-corrected chi connectivity index (χ4v) is 1.92. The molecule has 0 aromatic carbocycles. The van der Waals surface area contributed by atoms with E-state index < -0.39 is 41.4 Å². The largest absolute Gasteiger partial charge is 0.454 e. The van der Waals surface area contributed by atoms with Crippen LogP contribution in [-0.2, 0) is 19.1 Å². The Hall–Kier alpha value is -2.16. The number of ketones is 1. The zero-order valence-electron chi connectivity index (χ0n) is 15.5. The van der Waals surface area contributed by atoms with Crippen LogP contribution in [0, 0.1) is 5.92 Å². The number of hydrogen-bond acceptors (Lipinski definition) is 6. The van der Waals surface area contributed by atoms with Gasteiger partial charge in [0.15, 0.2) is 0 Å². The van der Waals surface area contributed by atoms with E-state index in [1.807, 2.05) is 0 Å². The molecule has 0 aliphatic rings. The summed E-state index contributed by atoms with van der Waals surface area (Å²) in [6.07, 6.45) is 0.738. The molecule has 25 heavy (non-hydrogen) atoms. The summed E-state index contributed by atoms with van der Waals surface area (Å²) < 4.78 is 5.05. The number of Topliss-reactive ketones (excluding diaryl/α,β-unsaturated/α-hetero) is 1. The van der Waals surface area contributed by atoms with Crippen molar-refractivity contribution in [3.05, 3.63) is 0 Å². The lowest BCUT2D eigenvalue weighted by Crippen LogP contribution is -2.53. The van der Waals surface area contributed by atoms with Gasteiger partial charge in [0.25, 0.3) is 5.78 Å². The number of nitrogens with one attached hydrogen (secondary N) is 2. The predicted molar refractivity (Wildman–Crippen MR) is 92.4 cm³/mol. The molecule has 0 radical (unpaired) electrons. The number of rotatable bonds is 9. The van der Waals surface area contributed by atoms with E-state index in [-0.39, 0.29) is 12.3 Å². The fourth-order valence-electron chi connectivity index (χ4n) is 1.92. The Morgan fingerprint density at radius 2 is 1.68 bits per heavy atom. The maximum Gasteiger partial charge on any atom is 0.377 e. The first-order valence-electron chi connectivity index (χ1n) is 8.21. The number of esters is 1. The van der Waals surface area contributed by atoms with Crippen molar-refractivity contribution in [1.82, 2.24) is 10.6 Å². The Balaban J connectivity index is 4.69. The van der Waals surface area contributed by atoms with Gasteiger partial charge in [-0.1, -0.05) is 13.8 Å². The molecule has 0 saturated carbocycles. The van der Waals surface area contributed by atoms with Gasteiger partial charge in [0, 0.05) is 6.54 Å². The van der Waals surface area contributed by atoms with Crippen molar-refractivity contribution >= 4 is 23.7 Å². The van der Waals surface area contributed by atoms with Crippen LogP contribution in [0.5, 0.6) is 0 Å². The van der Waals surface area contributed by atoms with Gasteiger partial charge in [-0.3, -0.25) is 9.59 Å². The number of primary amides is 1. The number of carbonyl (C=O) groups is 4. The van der Waals surface area contributed by atoms with E-state index in [2.05, 4.69) is 10.6 Å². The SMILES string of the molecule is CC(C)[C@H](NC(=O)[C@@H](N)CCCNC(N)=O)C(=O)C(=O)OC(C)(C)C. The topological polar surface area (TPSA) is 154 Å². The third kappa shape index (κ3) is 9.65. The smallest absolute Gasteiger partial charge is 0.377 e. The number of amides is 3. The molecule has 0 aromatic heterocycles. The number of nitrogens with two attached hydrogens (primary N) is 2. The van der Waals surface area contributed by atoms with Crippen molar-refractivity contribution < 1.29 is 23.9 Å². The molecular formula is C16H30N4O5. The average Bonchev–Trinajstić information content (AvgIpc) is 2.45. The summed E-state index contributed by atoms with van der Waals surface area (Å²) in [5, 5.41) is 4.90. The Labute approximate surface area is 148 Å². The summed E-state index contributed by atoms with van der Waals surface area (Å²) in [5.41, 5.74) is 9.91. The number of carbonyl (C=O) groups excluding carboxylic acids is 4. The molecule has 0 spiro atoms. The van der Waals surface area contributed by atoms with Gasteiger partial charge in [-0.05, 0) is 39.5 Å². The Morgan fingerprint density at radius 1 is 1.12 bits per heavy atom. The maximum atomic E-state index is 12.3. The van der Waals surface area contributed by atoms with E-state index in [9.17, 15) is 19.2 Å². The molecule has 0 aliphatic carbocycles. The van der Waals surface area contributed by atoms with Gasteiger partial charge in [0.2, 0.25) is 5.91 Å². The second-order valence-corrected chi connectivity index (χ2v) is 7.14. The van der Waals surface area contributed by atoms with Crippen LogP contribution in [0.25, 0.3) is 0 Å². The molecule has 0 saturated heterocycles. The van der Waals surface area contributed by atoms with Gasteiger partial charge in [-0.2, -0.15) is 0 Å². The summed E-state index contributed by atoms with van der Waals surface area (Å²) in [4.78, 5) is 46.9. The monoisotopic (exact) mass is 358 g/mol. The highest BCUT2D eigenvalue weighted by Gasteiger charge is 2.33. The third-order valence-electron chi connectivity index (χ3n) is 3.17. The van der Waals surface area contributed by atoms with E-state index in [1.54, 1.807) is 34.6 Å². The zero-order valence-corrected chi connectivity index (χ0v) is 15.5. The highest BCUT2D eigenvalue weighted by atomic mass is 16.6. The van der Waals surface area contributed by atoms with E-state index in [4.69, 9.17) is 16.2 Å². The average molecular weight is 358 g/mol. The molecule has 9 heteroatoms. The molecule has 3 amide bonds. The second-order valence-electron chi connectivity index (χ2n) is 7.14. The van der Waals surface area contributed by atoms with Gasteiger partial charge in [-0.25, -0.2) is 9.59 Å². The van der Waals surface area contributed by atoms with Gasteiger partial charge < -0.3 is 26.8 Å². The lowest BCUT2D eigenvalue weighted by atomic mass is 9.98. The summed E-state index contributed by atoms with van der Waals surface area (Å²) >= 11 is 0. The first kappa shape index (κ1) is 22.8. The van der Waals surface area contributed by atoms with Crippen molar-refractivity contribution in [3.63, 3.8) is 0 Å². The summed E-state index contributed by atoms with van der Waals surface area (Å²) in [6.45, 7) is 8.65. The molecular weight excluding hydrogens is 328 g/mol. The Morgan fingerprint density at radius 3 is 2.12 bits per heavy atom. The van der Waals surface area contributed by atoms with Gasteiger partial charge >= 0.3 is 12.0 Å². The lowest BCUT2D eigenvalue weighted by Gasteiger charge is -2.25. The second kappa shape index (κ2) is 9.97. The number of ether oxygens (including phenoxy) is 1. The Bertz CT molecular complexity index is 499. The molecule has 0 aromatic rings. The van der Waals surface area contributed by atoms with Gasteiger partial charge in [0.05, 0.1) is 6.04 Å². The van der Waals surface area contributed by atoms with Crippen LogP contribution in [0.2, 0.25) is 0 Å². The van der Waals surface area contributed by atoms with Gasteiger partial charge in [-0.15, -0.1) is 0 Å². The molecule has 144 valence electrons. The minimum Gasteiger partial charge on any atom is -0.454 e. The molecule has 2 atom stereocenters. The predicted octanol–water partition coefficient (Wildman–Crippen LogP) is -0.186. The van der Waals surface area contributed by atoms with Crippen LogP contribution in [0.15, 0.2) is 0 Å². The first-order valence-corrected chi connectivity index (χ1v) is 8.21. The van der Waals surface area contributed by atoms with Crippen LogP contribution in [0.3, 0.4) is 0 Å². The van der Waals surface area contributed by atoms with E-state index in [1.165, 1.54) is 0 Å².